The van der Waals surface area contributed by atoms with Gasteiger partial charge in [-0.1, -0.05) is 18.6 Å². The maximum Gasteiger partial charge on any atom is 0.274 e. The largest absolute Gasteiger partial charge is 0.291 e. The van der Waals surface area contributed by atoms with Gasteiger partial charge in [0.25, 0.3) is 11.3 Å². The third kappa shape index (κ3) is 3.19. The number of aromatic nitrogens is 4. The first kappa shape index (κ1) is 16.0. The lowest BCUT2D eigenvalue weighted by Crippen LogP contribution is -2.33. The van der Waals surface area contributed by atoms with Crippen LogP contribution in [-0.2, 0) is 6.54 Å². The average molecular weight is 341 g/mol. The molecule has 130 valence electrons. The Kier molecular flexibility index (Phi) is 4.09. The molecular weight excluding hydrogens is 321 g/mol. The van der Waals surface area contributed by atoms with Crippen LogP contribution in [0.3, 0.4) is 0 Å². The number of aromatic amines is 1. The van der Waals surface area contributed by atoms with E-state index in [-0.39, 0.29) is 17.4 Å². The predicted octanol–water partition coefficient (Wildman–Crippen LogP) is 2.59. The fourth-order valence-electron chi connectivity index (χ4n) is 3.56. The van der Waals surface area contributed by atoms with E-state index in [1.165, 1.54) is 16.6 Å². The summed E-state index contributed by atoms with van der Waals surface area (Å²) in [6, 6.07) is 8.48. The van der Waals surface area contributed by atoms with E-state index in [0.29, 0.717) is 23.8 Å². The van der Waals surface area contributed by atoms with Gasteiger partial charge in [0.2, 0.25) is 0 Å². The van der Waals surface area contributed by atoms with Gasteiger partial charge in [-0.2, -0.15) is 9.50 Å². The van der Waals surface area contributed by atoms with Crippen LogP contribution in [0.2, 0.25) is 0 Å². The Hall–Kier alpha value is -2.54. The van der Waals surface area contributed by atoms with Gasteiger partial charge in [-0.25, -0.2) is 9.37 Å². The first-order valence-electron chi connectivity index (χ1n) is 8.55. The first-order chi connectivity index (χ1) is 12.1. The molecule has 1 aliphatic heterocycles. The molecule has 7 heteroatoms. The third-order valence-corrected chi connectivity index (χ3v) is 4.73. The van der Waals surface area contributed by atoms with E-state index in [4.69, 9.17) is 0 Å². The second-order valence-electron chi connectivity index (χ2n) is 6.56. The highest BCUT2D eigenvalue weighted by molar-refractivity contribution is 5.28. The van der Waals surface area contributed by atoms with Gasteiger partial charge in [0, 0.05) is 18.7 Å². The van der Waals surface area contributed by atoms with Crippen LogP contribution in [0.5, 0.6) is 0 Å². The van der Waals surface area contributed by atoms with Gasteiger partial charge in [0.15, 0.2) is 0 Å². The molecular formula is C18H20FN5O. The SMILES string of the molecule is Cc1nc2nc(CN3CCCC[C@@H]3c3ccc(F)cc3)cc(=O)n2[nH]1. The van der Waals surface area contributed by atoms with Crippen molar-refractivity contribution in [3.8, 4) is 0 Å². The number of fused-ring (bicyclic) bond motifs is 1. The minimum absolute atomic E-state index is 0.157. The Bertz CT molecular complexity index is 946. The van der Waals surface area contributed by atoms with Gasteiger partial charge < -0.3 is 0 Å². The molecule has 1 N–H and O–H groups in total. The summed E-state index contributed by atoms with van der Waals surface area (Å²) in [5.41, 5.74) is 1.66. The Balaban J connectivity index is 1.63. The van der Waals surface area contributed by atoms with E-state index in [9.17, 15) is 9.18 Å². The van der Waals surface area contributed by atoms with Gasteiger partial charge in [-0.05, 0) is 44.0 Å². The number of hydrogen-bond donors (Lipinski definition) is 1. The number of halogens is 1. The van der Waals surface area contributed by atoms with Crippen molar-refractivity contribution in [3.63, 3.8) is 0 Å². The molecule has 3 heterocycles. The fraction of sp³-hybridized carbons (Fsp3) is 0.389. The second kappa shape index (κ2) is 6.40. The van der Waals surface area contributed by atoms with Crippen LogP contribution in [0.1, 0.15) is 42.4 Å². The highest BCUT2D eigenvalue weighted by Gasteiger charge is 2.24. The Morgan fingerprint density at radius 3 is 2.84 bits per heavy atom. The van der Waals surface area contributed by atoms with E-state index in [1.807, 2.05) is 12.1 Å². The number of rotatable bonds is 3. The van der Waals surface area contributed by atoms with Crippen LogP contribution < -0.4 is 5.56 Å². The maximum atomic E-state index is 13.2. The minimum Gasteiger partial charge on any atom is -0.291 e. The van der Waals surface area contributed by atoms with Crippen molar-refractivity contribution in [2.24, 2.45) is 0 Å². The number of nitrogens with zero attached hydrogens (tertiary/aromatic N) is 4. The smallest absolute Gasteiger partial charge is 0.274 e. The van der Waals surface area contributed by atoms with Crippen molar-refractivity contribution in [1.29, 1.82) is 0 Å². The molecule has 0 aliphatic carbocycles. The number of benzene rings is 1. The molecule has 0 saturated carbocycles. The number of likely N-dealkylation sites (tertiary alicyclic amines) is 1. The lowest BCUT2D eigenvalue weighted by atomic mass is 9.95. The number of piperidine rings is 1. The topological polar surface area (TPSA) is 66.3 Å². The number of hydrogen-bond acceptors (Lipinski definition) is 4. The van der Waals surface area contributed by atoms with Crippen molar-refractivity contribution in [1.82, 2.24) is 24.5 Å². The molecule has 0 bridgehead atoms. The molecule has 6 nitrogen and oxygen atoms in total. The average Bonchev–Trinajstić information content (AvgIpc) is 2.97. The monoisotopic (exact) mass is 341 g/mol. The quantitative estimate of drug-likeness (QED) is 0.795. The lowest BCUT2D eigenvalue weighted by molar-refractivity contribution is 0.138. The molecule has 1 aliphatic rings. The molecule has 0 radical (unpaired) electrons. The predicted molar refractivity (Wildman–Crippen MR) is 91.7 cm³/mol. The third-order valence-electron chi connectivity index (χ3n) is 4.73. The molecule has 4 rings (SSSR count). The Morgan fingerprint density at radius 1 is 1.24 bits per heavy atom. The number of nitrogens with one attached hydrogen (secondary N) is 1. The molecule has 0 amide bonds. The molecule has 1 saturated heterocycles. The second-order valence-corrected chi connectivity index (χ2v) is 6.56. The van der Waals surface area contributed by atoms with Crippen LogP contribution in [0, 0.1) is 12.7 Å². The summed E-state index contributed by atoms with van der Waals surface area (Å²) in [7, 11) is 0. The van der Waals surface area contributed by atoms with Crippen molar-refractivity contribution >= 4 is 5.78 Å². The number of H-pyrrole nitrogens is 1. The summed E-state index contributed by atoms with van der Waals surface area (Å²) < 4.78 is 14.6. The zero-order valence-corrected chi connectivity index (χ0v) is 14.1. The normalized spacial score (nSPS) is 18.7. The molecule has 2 aromatic heterocycles. The highest BCUT2D eigenvalue weighted by Crippen LogP contribution is 2.31. The van der Waals surface area contributed by atoms with Crippen molar-refractivity contribution in [2.45, 2.75) is 38.8 Å². The van der Waals surface area contributed by atoms with E-state index in [0.717, 1.165) is 31.4 Å². The molecule has 1 fully saturated rings. The maximum absolute atomic E-state index is 13.2. The summed E-state index contributed by atoms with van der Waals surface area (Å²) in [6.45, 7) is 3.31. The van der Waals surface area contributed by atoms with E-state index < -0.39 is 0 Å². The van der Waals surface area contributed by atoms with E-state index in [2.05, 4.69) is 20.0 Å². The van der Waals surface area contributed by atoms with Crippen LogP contribution >= 0.6 is 0 Å². The standard InChI is InChI=1S/C18H20FN5O/c1-12-20-18-21-15(10-17(25)24(18)22-12)11-23-9-3-2-4-16(23)13-5-7-14(19)8-6-13/h5-8,10,16H,2-4,9,11H2,1H3,(H,20,21,22)/t16-/m1/s1. The van der Waals surface area contributed by atoms with Crippen LogP contribution in [0.25, 0.3) is 5.78 Å². The van der Waals surface area contributed by atoms with E-state index in [1.54, 1.807) is 13.0 Å². The molecule has 1 aromatic carbocycles. The van der Waals surface area contributed by atoms with Crippen molar-refractivity contribution in [3.05, 3.63) is 63.6 Å². The number of aryl methyl sites for hydroxylation is 1. The van der Waals surface area contributed by atoms with Crippen molar-refractivity contribution in [2.75, 3.05) is 6.54 Å². The van der Waals surface area contributed by atoms with Gasteiger partial charge in [0.1, 0.15) is 11.6 Å². The van der Waals surface area contributed by atoms with Crippen LogP contribution in [0.4, 0.5) is 4.39 Å². The van der Waals surface area contributed by atoms with Gasteiger partial charge in [-0.3, -0.25) is 14.8 Å². The minimum atomic E-state index is -0.222. The molecule has 0 spiro atoms. The lowest BCUT2D eigenvalue weighted by Gasteiger charge is -2.35. The van der Waals surface area contributed by atoms with Crippen molar-refractivity contribution < 1.29 is 4.39 Å². The summed E-state index contributed by atoms with van der Waals surface area (Å²) in [5.74, 6) is 0.833. The van der Waals surface area contributed by atoms with Gasteiger partial charge >= 0.3 is 0 Å². The fourth-order valence-corrected chi connectivity index (χ4v) is 3.56. The van der Waals surface area contributed by atoms with Gasteiger partial charge in [-0.15, -0.1) is 0 Å². The summed E-state index contributed by atoms with van der Waals surface area (Å²) in [4.78, 5) is 23.3. The van der Waals surface area contributed by atoms with Crippen LogP contribution in [0.15, 0.2) is 35.1 Å². The zero-order valence-electron chi connectivity index (χ0n) is 14.1. The summed E-state index contributed by atoms with van der Waals surface area (Å²) in [5, 5.41) is 2.88. The Labute approximate surface area is 144 Å². The Morgan fingerprint density at radius 2 is 2.04 bits per heavy atom. The molecule has 0 unspecified atom stereocenters. The van der Waals surface area contributed by atoms with Crippen LogP contribution in [-0.4, -0.2) is 31.0 Å². The van der Waals surface area contributed by atoms with Gasteiger partial charge in [0.05, 0.1) is 5.69 Å². The summed E-state index contributed by atoms with van der Waals surface area (Å²) >= 11 is 0. The first-order valence-corrected chi connectivity index (χ1v) is 8.55. The molecule has 25 heavy (non-hydrogen) atoms. The highest BCUT2D eigenvalue weighted by atomic mass is 19.1. The molecule has 1 atom stereocenters. The molecule has 3 aromatic rings. The summed E-state index contributed by atoms with van der Waals surface area (Å²) in [6.07, 6.45) is 3.28. The zero-order chi connectivity index (χ0) is 17.4. The van der Waals surface area contributed by atoms with E-state index >= 15 is 0 Å².